The molecule has 2 unspecified atom stereocenters. The number of carbonyl (C=O) groups excluding carboxylic acids is 2. The second-order valence-corrected chi connectivity index (χ2v) is 11.7. The highest BCUT2D eigenvalue weighted by Crippen LogP contribution is 2.47. The van der Waals surface area contributed by atoms with Crippen molar-refractivity contribution in [2.24, 2.45) is 0 Å². The lowest BCUT2D eigenvalue weighted by molar-refractivity contribution is -0.153. The third kappa shape index (κ3) is 6.86. The standard InChI is InChI=1S/C23H29FN3O8PS/c1-5-23(24)19(29)17(34-21(23)27-12-11-18(28)25-22(27)31)13-32-36(37,35-16-9-7-6-8-10-16)26-15(4)20(30)33-14(2)3/h1,6-12,14-15,17,19,21-22,29,31H,13H2,2-4H3,(H,25,28)(H,26,37)/t15-,17+,19+,21+,22?,23+,36?/m0/s1. The van der Waals surface area contributed by atoms with E-state index < -0.39 is 61.6 Å². The Morgan fingerprint density at radius 1 is 1.38 bits per heavy atom. The van der Waals surface area contributed by atoms with Crippen LogP contribution in [-0.4, -0.2) is 76.2 Å². The van der Waals surface area contributed by atoms with Crippen molar-refractivity contribution < 1.29 is 42.7 Å². The number of rotatable bonds is 10. The summed E-state index contributed by atoms with van der Waals surface area (Å²) in [7, 11) is 0. The average Bonchev–Trinajstić information content (AvgIpc) is 3.08. The molecule has 0 radical (unpaired) electrons. The highest BCUT2D eigenvalue weighted by molar-refractivity contribution is 8.09. The Labute approximate surface area is 219 Å². The number of para-hydroxylation sites is 1. The van der Waals surface area contributed by atoms with Gasteiger partial charge >= 0.3 is 12.6 Å². The van der Waals surface area contributed by atoms with Gasteiger partial charge in [0.25, 0.3) is 0 Å². The number of nitrogens with one attached hydrogen (secondary N) is 2. The minimum Gasteiger partial charge on any atom is -0.462 e. The van der Waals surface area contributed by atoms with Gasteiger partial charge in [0, 0.05) is 12.3 Å². The largest absolute Gasteiger partial charge is 0.462 e. The summed E-state index contributed by atoms with van der Waals surface area (Å²) in [6.07, 6.45) is 0.579. The molecule has 11 nitrogen and oxygen atoms in total. The fourth-order valence-corrected chi connectivity index (χ4v) is 5.94. The summed E-state index contributed by atoms with van der Waals surface area (Å²) in [6.45, 7) is 0.905. The molecule has 2 aliphatic heterocycles. The molecule has 14 heteroatoms. The third-order valence-corrected chi connectivity index (χ3v) is 7.82. The zero-order valence-electron chi connectivity index (χ0n) is 20.3. The van der Waals surface area contributed by atoms with Crippen molar-refractivity contribution in [1.29, 1.82) is 0 Å². The first-order chi connectivity index (χ1) is 17.4. The predicted octanol–water partition coefficient (Wildman–Crippen LogP) is 0.885. The van der Waals surface area contributed by atoms with Crippen LogP contribution in [0.5, 0.6) is 5.75 Å². The number of aliphatic hydroxyl groups is 2. The number of amides is 1. The molecular formula is C23H29FN3O8PS. The van der Waals surface area contributed by atoms with Gasteiger partial charge in [0.15, 0.2) is 6.23 Å². The molecular weight excluding hydrogens is 528 g/mol. The second kappa shape index (κ2) is 11.9. The molecule has 1 saturated heterocycles. The first-order valence-corrected chi connectivity index (χ1v) is 13.9. The highest BCUT2D eigenvalue weighted by Gasteiger charge is 2.60. The molecule has 1 amide bonds. The van der Waals surface area contributed by atoms with Crippen LogP contribution in [0.4, 0.5) is 4.39 Å². The minimum atomic E-state index is -3.51. The molecule has 3 rings (SSSR count). The minimum absolute atomic E-state index is 0.342. The molecule has 0 bridgehead atoms. The zero-order chi connectivity index (χ0) is 27.4. The molecule has 1 aromatic rings. The van der Waals surface area contributed by atoms with Gasteiger partial charge < -0.3 is 39.0 Å². The van der Waals surface area contributed by atoms with Crippen LogP contribution in [0.2, 0.25) is 0 Å². The number of esters is 1. The molecule has 7 atom stereocenters. The van der Waals surface area contributed by atoms with Crippen molar-refractivity contribution in [3.63, 3.8) is 0 Å². The van der Waals surface area contributed by atoms with E-state index in [4.69, 9.17) is 36.8 Å². The first kappa shape index (κ1) is 29.0. The Balaban J connectivity index is 1.79. The Morgan fingerprint density at radius 2 is 2.05 bits per heavy atom. The summed E-state index contributed by atoms with van der Waals surface area (Å²) in [6, 6.07) is 7.51. The number of hydrogen-bond donors (Lipinski definition) is 4. The number of hydrogen-bond acceptors (Lipinski definition) is 10. The van der Waals surface area contributed by atoms with E-state index in [2.05, 4.69) is 10.4 Å². The summed E-state index contributed by atoms with van der Waals surface area (Å²) in [5, 5.41) is 25.9. The molecule has 0 spiro atoms. The Kier molecular flexibility index (Phi) is 9.31. The normalized spacial score (nSPS) is 29.8. The van der Waals surface area contributed by atoms with Crippen molar-refractivity contribution in [3.05, 3.63) is 42.6 Å². The number of ether oxygens (including phenoxy) is 2. The van der Waals surface area contributed by atoms with Gasteiger partial charge in [-0.05, 0) is 44.7 Å². The maximum atomic E-state index is 15.7. The number of benzene rings is 1. The fraction of sp³-hybridized carbons (Fsp3) is 0.478. The lowest BCUT2D eigenvalue weighted by atomic mass is 9.96. The van der Waals surface area contributed by atoms with Crippen molar-refractivity contribution in [3.8, 4) is 18.1 Å². The van der Waals surface area contributed by atoms with E-state index in [1.54, 1.807) is 44.2 Å². The van der Waals surface area contributed by atoms with E-state index in [0.717, 1.165) is 17.2 Å². The van der Waals surface area contributed by atoms with Crippen molar-refractivity contribution in [1.82, 2.24) is 15.3 Å². The third-order valence-electron chi connectivity index (χ3n) is 5.32. The van der Waals surface area contributed by atoms with Crippen molar-refractivity contribution >= 4 is 30.3 Å². The fourth-order valence-electron chi connectivity index (χ4n) is 3.53. The van der Waals surface area contributed by atoms with Crippen LogP contribution in [-0.2, 0) is 35.4 Å². The number of carbonyl (C=O) groups is 2. The summed E-state index contributed by atoms with van der Waals surface area (Å²) >= 11 is 5.61. The Bertz CT molecular complexity index is 1100. The van der Waals surface area contributed by atoms with Gasteiger partial charge in [0.2, 0.25) is 17.9 Å². The molecule has 1 fully saturated rings. The summed E-state index contributed by atoms with van der Waals surface area (Å²) in [5.74, 6) is 1.02. The van der Waals surface area contributed by atoms with Gasteiger partial charge in [-0.1, -0.05) is 24.1 Å². The zero-order valence-corrected chi connectivity index (χ0v) is 22.0. The number of alkyl halides is 1. The summed E-state index contributed by atoms with van der Waals surface area (Å²) < 4.78 is 38.3. The van der Waals surface area contributed by atoms with Crippen LogP contribution >= 0.6 is 6.64 Å². The SMILES string of the molecule is C#C[C@@]1(F)[C@H](O)[C@@H](COP(=S)(N[C@@H](C)C(=O)OC(C)C)Oc2ccccc2)O[C@H]1N1C=CC(=O)NC1O. The summed E-state index contributed by atoms with van der Waals surface area (Å²) in [4.78, 5) is 24.7. The van der Waals surface area contributed by atoms with Gasteiger partial charge in [-0.15, -0.1) is 6.42 Å². The van der Waals surface area contributed by atoms with Gasteiger partial charge in [0.1, 0.15) is 24.0 Å². The quantitative estimate of drug-likeness (QED) is 0.185. The summed E-state index contributed by atoms with van der Waals surface area (Å²) in [5.41, 5.74) is -2.79. The van der Waals surface area contributed by atoms with E-state index >= 15 is 4.39 Å². The van der Waals surface area contributed by atoms with E-state index in [9.17, 15) is 19.8 Å². The Hall–Kier alpha value is -2.56. The van der Waals surface area contributed by atoms with E-state index in [0.29, 0.717) is 5.75 Å². The van der Waals surface area contributed by atoms with Gasteiger partial charge in [0.05, 0.1) is 12.7 Å². The van der Waals surface area contributed by atoms with Gasteiger partial charge in [-0.2, -0.15) is 0 Å². The van der Waals surface area contributed by atoms with Crippen LogP contribution in [0.3, 0.4) is 0 Å². The Morgan fingerprint density at radius 3 is 2.65 bits per heavy atom. The number of aliphatic hydroxyl groups excluding tert-OH is 2. The second-order valence-electron chi connectivity index (χ2n) is 8.56. The maximum Gasteiger partial charge on any atom is 0.323 e. The van der Waals surface area contributed by atoms with Gasteiger partial charge in [-0.3, -0.25) is 9.59 Å². The highest BCUT2D eigenvalue weighted by atomic mass is 32.5. The van der Waals surface area contributed by atoms with Crippen LogP contribution in [0, 0.1) is 12.3 Å². The first-order valence-electron chi connectivity index (χ1n) is 11.3. The van der Waals surface area contributed by atoms with E-state index in [-0.39, 0.29) is 6.10 Å². The molecule has 0 aliphatic carbocycles. The van der Waals surface area contributed by atoms with Crippen LogP contribution in [0.25, 0.3) is 0 Å². The van der Waals surface area contributed by atoms with Crippen molar-refractivity contribution in [2.45, 2.75) is 63.4 Å². The lowest BCUT2D eigenvalue weighted by Crippen LogP contribution is -2.58. The average molecular weight is 558 g/mol. The number of terminal acetylenes is 1. The molecule has 4 N–H and O–H groups in total. The van der Waals surface area contributed by atoms with Gasteiger partial charge in [-0.25, -0.2) is 9.48 Å². The number of halogens is 1. The molecule has 2 heterocycles. The van der Waals surface area contributed by atoms with Crippen LogP contribution in [0.15, 0.2) is 42.6 Å². The van der Waals surface area contributed by atoms with E-state index in [1.807, 2.05) is 5.92 Å². The molecule has 2 aliphatic rings. The molecule has 37 heavy (non-hydrogen) atoms. The molecule has 0 saturated carbocycles. The molecule has 0 aromatic heterocycles. The lowest BCUT2D eigenvalue weighted by Gasteiger charge is -2.37. The maximum absolute atomic E-state index is 15.7. The smallest absolute Gasteiger partial charge is 0.323 e. The molecule has 1 aromatic carbocycles. The number of nitrogens with zero attached hydrogens (tertiary/aromatic N) is 1. The molecule has 202 valence electrons. The van der Waals surface area contributed by atoms with Crippen LogP contribution < -0.4 is 14.9 Å². The van der Waals surface area contributed by atoms with Crippen molar-refractivity contribution in [2.75, 3.05) is 6.61 Å². The van der Waals surface area contributed by atoms with E-state index in [1.165, 1.54) is 6.92 Å². The topological polar surface area (TPSA) is 139 Å². The predicted molar refractivity (Wildman–Crippen MR) is 134 cm³/mol. The monoisotopic (exact) mass is 557 g/mol. The van der Waals surface area contributed by atoms with Crippen LogP contribution in [0.1, 0.15) is 20.8 Å².